The molecule has 0 radical (unpaired) electrons. The Bertz CT molecular complexity index is 938. The Balaban J connectivity index is 1.66. The number of ether oxygens (including phenoxy) is 3. The third-order valence-electron chi connectivity index (χ3n) is 9.15. The van der Waals surface area contributed by atoms with E-state index >= 15 is 0 Å². The standard InChI is InChI=1S/C29H45N3O7/c1-5-10-31(13-12-30-14-18-37-19-15-30)26(35)24-29-20-21(3)28(4,39-29)23(27(36)38-17-6-2)22(29)25(34)32(24)11-8-7-9-16-33/h5-6,21-24,33H,1-2,7-20H2,3-4H3/t21?,22-,23-,24?,28+,29?/m0/s1. The van der Waals surface area contributed by atoms with Crippen molar-refractivity contribution in [2.45, 2.75) is 56.8 Å². The lowest BCUT2D eigenvalue weighted by Crippen LogP contribution is -2.57. The maximum Gasteiger partial charge on any atom is 0.313 e. The molecule has 10 heteroatoms. The number of fused-ring (bicyclic) bond motifs is 1. The van der Waals surface area contributed by atoms with Crippen LogP contribution in [-0.2, 0) is 28.6 Å². The quantitative estimate of drug-likeness (QED) is 0.197. The molecule has 4 aliphatic heterocycles. The summed E-state index contributed by atoms with van der Waals surface area (Å²) < 4.78 is 17.7. The Hall–Kier alpha value is -2.27. The number of unbranched alkanes of at least 4 members (excludes halogenated alkanes) is 2. The Labute approximate surface area is 231 Å². The van der Waals surface area contributed by atoms with Crippen molar-refractivity contribution in [3.8, 4) is 0 Å². The van der Waals surface area contributed by atoms with Crippen LogP contribution in [-0.4, -0.2) is 121 Å². The van der Waals surface area contributed by atoms with Gasteiger partial charge < -0.3 is 29.1 Å². The zero-order valence-electron chi connectivity index (χ0n) is 23.5. The number of esters is 1. The molecule has 4 aliphatic rings. The molecule has 0 aromatic heterocycles. The summed E-state index contributed by atoms with van der Waals surface area (Å²) in [6.07, 6.45) is 5.73. The molecule has 1 N–H and O–H groups in total. The topological polar surface area (TPSA) is 109 Å². The summed E-state index contributed by atoms with van der Waals surface area (Å²) in [6, 6.07) is -0.838. The average molecular weight is 548 g/mol. The van der Waals surface area contributed by atoms with Crippen LogP contribution in [0.2, 0.25) is 0 Å². The second-order valence-electron chi connectivity index (χ2n) is 11.5. The first-order chi connectivity index (χ1) is 18.7. The van der Waals surface area contributed by atoms with Gasteiger partial charge in [0.1, 0.15) is 24.2 Å². The molecule has 4 rings (SSSR count). The van der Waals surface area contributed by atoms with Gasteiger partial charge in [-0.2, -0.15) is 0 Å². The number of hydrogen-bond acceptors (Lipinski definition) is 8. The van der Waals surface area contributed by atoms with Gasteiger partial charge in [-0.25, -0.2) is 0 Å². The molecule has 2 bridgehead atoms. The smallest absolute Gasteiger partial charge is 0.313 e. The first kappa shape index (κ1) is 29.7. The van der Waals surface area contributed by atoms with Gasteiger partial charge in [0.25, 0.3) is 0 Å². The van der Waals surface area contributed by atoms with E-state index in [1.54, 1.807) is 15.9 Å². The van der Waals surface area contributed by atoms with Gasteiger partial charge in [-0.15, -0.1) is 6.58 Å². The second-order valence-corrected chi connectivity index (χ2v) is 11.5. The van der Waals surface area contributed by atoms with Gasteiger partial charge in [-0.1, -0.05) is 25.7 Å². The van der Waals surface area contributed by atoms with Crippen molar-refractivity contribution in [1.29, 1.82) is 0 Å². The number of carbonyl (C=O) groups excluding carboxylic acids is 3. The van der Waals surface area contributed by atoms with Crippen LogP contribution in [0.15, 0.2) is 25.3 Å². The van der Waals surface area contributed by atoms with Crippen LogP contribution in [0.1, 0.15) is 39.5 Å². The van der Waals surface area contributed by atoms with Crippen LogP contribution < -0.4 is 0 Å². The Morgan fingerprint density at radius 3 is 2.59 bits per heavy atom. The van der Waals surface area contributed by atoms with Gasteiger partial charge in [0.05, 0.1) is 24.7 Å². The van der Waals surface area contributed by atoms with E-state index in [9.17, 15) is 19.5 Å². The van der Waals surface area contributed by atoms with E-state index in [2.05, 4.69) is 18.1 Å². The fourth-order valence-corrected chi connectivity index (χ4v) is 7.13. The molecule has 10 nitrogen and oxygen atoms in total. The number of hydrogen-bond donors (Lipinski definition) is 1. The molecule has 0 saturated carbocycles. The van der Waals surface area contributed by atoms with E-state index in [4.69, 9.17) is 14.2 Å². The maximum absolute atomic E-state index is 14.4. The van der Waals surface area contributed by atoms with Gasteiger partial charge in [0.2, 0.25) is 11.8 Å². The van der Waals surface area contributed by atoms with E-state index in [1.165, 1.54) is 6.08 Å². The Kier molecular flexibility index (Phi) is 9.52. The van der Waals surface area contributed by atoms with E-state index < -0.39 is 35.0 Å². The van der Waals surface area contributed by atoms with Crippen LogP contribution in [0.3, 0.4) is 0 Å². The molecule has 4 fully saturated rings. The molecule has 218 valence electrons. The highest BCUT2D eigenvalue weighted by Crippen LogP contribution is 2.65. The average Bonchev–Trinajstić information content (AvgIpc) is 3.44. The van der Waals surface area contributed by atoms with Crippen LogP contribution in [0.5, 0.6) is 0 Å². The van der Waals surface area contributed by atoms with E-state index in [1.807, 2.05) is 13.8 Å². The lowest BCUT2D eigenvalue weighted by atomic mass is 9.62. The number of rotatable bonds is 14. The van der Waals surface area contributed by atoms with Gasteiger partial charge in [-0.3, -0.25) is 19.3 Å². The third-order valence-corrected chi connectivity index (χ3v) is 9.15. The largest absolute Gasteiger partial charge is 0.461 e. The Morgan fingerprint density at radius 1 is 1.18 bits per heavy atom. The molecule has 4 heterocycles. The summed E-state index contributed by atoms with van der Waals surface area (Å²) in [7, 11) is 0. The Morgan fingerprint density at radius 2 is 1.92 bits per heavy atom. The molecular weight excluding hydrogens is 502 g/mol. The number of likely N-dealkylation sites (tertiary alicyclic amines) is 1. The minimum Gasteiger partial charge on any atom is -0.461 e. The highest BCUT2D eigenvalue weighted by atomic mass is 16.6. The first-order valence-electron chi connectivity index (χ1n) is 14.3. The molecule has 2 amide bonds. The highest BCUT2D eigenvalue weighted by Gasteiger charge is 2.80. The van der Waals surface area contributed by atoms with E-state index in [0.717, 1.165) is 19.5 Å². The summed E-state index contributed by atoms with van der Waals surface area (Å²) >= 11 is 0. The van der Waals surface area contributed by atoms with Gasteiger partial charge in [0, 0.05) is 45.9 Å². The van der Waals surface area contributed by atoms with Crippen LogP contribution >= 0.6 is 0 Å². The number of nitrogens with zero attached hydrogens (tertiary/aromatic N) is 3. The van der Waals surface area contributed by atoms with Crippen LogP contribution in [0, 0.1) is 17.8 Å². The first-order valence-corrected chi connectivity index (χ1v) is 14.3. The SMILES string of the molecule is C=CCOC(=O)[C@@H]1[C@H]2C(=O)N(CCCCCO)C(C(=O)N(CC=C)CCN3CCOCC3)C23CC(C)[C@@]1(C)O3. The maximum atomic E-state index is 14.4. The van der Waals surface area contributed by atoms with Crippen molar-refractivity contribution in [2.75, 3.05) is 65.7 Å². The van der Waals surface area contributed by atoms with Gasteiger partial charge in [0.15, 0.2) is 0 Å². The van der Waals surface area contributed by atoms with Gasteiger partial charge >= 0.3 is 5.97 Å². The summed E-state index contributed by atoms with van der Waals surface area (Å²) in [5.41, 5.74) is -2.01. The number of aliphatic hydroxyl groups is 1. The fourth-order valence-electron chi connectivity index (χ4n) is 7.13. The van der Waals surface area contributed by atoms with Crippen molar-refractivity contribution >= 4 is 17.8 Å². The molecule has 4 saturated heterocycles. The molecule has 39 heavy (non-hydrogen) atoms. The number of morpholine rings is 1. The normalized spacial score (nSPS) is 33.7. The molecule has 0 aromatic carbocycles. The zero-order chi connectivity index (χ0) is 28.2. The third kappa shape index (κ3) is 5.40. The van der Waals surface area contributed by atoms with Crippen molar-refractivity contribution in [1.82, 2.24) is 14.7 Å². The minimum atomic E-state index is -1.10. The molecule has 0 aromatic rings. The molecule has 0 aliphatic carbocycles. The fraction of sp³-hybridized carbons (Fsp3) is 0.759. The van der Waals surface area contributed by atoms with Gasteiger partial charge in [-0.05, 0) is 38.5 Å². The number of aliphatic hydroxyl groups excluding tert-OH is 1. The highest BCUT2D eigenvalue weighted by molar-refractivity contribution is 5.98. The number of carbonyl (C=O) groups is 3. The monoisotopic (exact) mass is 547 g/mol. The second kappa shape index (κ2) is 12.5. The van der Waals surface area contributed by atoms with Crippen molar-refractivity contribution in [3.05, 3.63) is 25.3 Å². The summed E-state index contributed by atoms with van der Waals surface area (Å²) in [6.45, 7) is 16.4. The predicted molar refractivity (Wildman–Crippen MR) is 145 cm³/mol. The van der Waals surface area contributed by atoms with E-state index in [-0.39, 0.29) is 30.9 Å². The lowest BCUT2D eigenvalue weighted by Gasteiger charge is -2.38. The number of amides is 2. The van der Waals surface area contributed by atoms with Crippen molar-refractivity contribution in [3.63, 3.8) is 0 Å². The predicted octanol–water partition coefficient (Wildman–Crippen LogP) is 1.24. The van der Waals surface area contributed by atoms with E-state index in [0.29, 0.717) is 58.7 Å². The summed E-state index contributed by atoms with van der Waals surface area (Å²) in [5, 5.41) is 9.25. The molecule has 6 atom stereocenters. The van der Waals surface area contributed by atoms with Crippen molar-refractivity contribution < 1.29 is 33.7 Å². The molecular formula is C29H45N3O7. The minimum absolute atomic E-state index is 0.0475. The lowest BCUT2D eigenvalue weighted by molar-refractivity contribution is -0.161. The zero-order valence-corrected chi connectivity index (χ0v) is 23.5. The van der Waals surface area contributed by atoms with Crippen molar-refractivity contribution in [2.24, 2.45) is 17.8 Å². The summed E-state index contributed by atoms with van der Waals surface area (Å²) in [5.74, 6) is -2.50. The van der Waals surface area contributed by atoms with Crippen LogP contribution in [0.25, 0.3) is 0 Å². The van der Waals surface area contributed by atoms with Crippen LogP contribution in [0.4, 0.5) is 0 Å². The summed E-state index contributed by atoms with van der Waals surface area (Å²) in [4.78, 5) is 47.6. The molecule has 1 spiro atoms. The molecule has 3 unspecified atom stereocenters.